The summed E-state index contributed by atoms with van der Waals surface area (Å²) in [6.45, 7) is 15.7. The number of pyridine rings is 2. The summed E-state index contributed by atoms with van der Waals surface area (Å²) in [5, 5.41) is 2.67. The summed E-state index contributed by atoms with van der Waals surface area (Å²) >= 11 is 0. The number of aryl methyl sites for hydroxylation is 2. The quantitative estimate of drug-likeness (QED) is 0.152. The molecule has 10 rings (SSSR count). The van der Waals surface area contributed by atoms with Crippen LogP contribution < -0.4 is 15.1 Å². The Morgan fingerprint density at radius 1 is 0.727 bits per heavy atom. The molecule has 0 atom stereocenters. The van der Waals surface area contributed by atoms with Crippen LogP contribution in [0.5, 0.6) is 0 Å². The Morgan fingerprint density at radius 2 is 1.26 bits per heavy atom. The van der Waals surface area contributed by atoms with Crippen LogP contribution in [0.2, 0.25) is 0 Å². The van der Waals surface area contributed by atoms with E-state index in [4.69, 9.17) is 9.97 Å². The average Bonchev–Trinajstić information content (AvgIpc) is 3.86. The number of carbonyl (C=O) groups excluding carboxylic acids is 1. The average molecular weight is 898 g/mol. The molecule has 7 heterocycles. The van der Waals surface area contributed by atoms with Crippen LogP contribution >= 0.6 is 0 Å². The maximum Gasteiger partial charge on any atom is 0.434 e. The van der Waals surface area contributed by atoms with Gasteiger partial charge in [-0.25, -0.2) is 15.0 Å². The number of fused-ring (bicyclic) bond motifs is 2. The fraction of sp³-hybridized carbons (Fsp3) is 0.373. The Morgan fingerprint density at radius 3 is 1.77 bits per heavy atom. The summed E-state index contributed by atoms with van der Waals surface area (Å²) in [7, 11) is 3.23. The number of rotatable bonds is 9. The standard InChI is InChI=1S/C28H29F3N6.C23H27N5O.H2/c1-17(2)24-21(5-4-12-32-24)25-22-15-36(13-14-37(22)27(34-25)19-6-7-19)20-10-8-18(9-11-20)26-33-23(16-35(26)3)28(29,30)31;1-15(2)21-19(6-5-11-25-21)22-20-14-27(12-13-28(20)16(3)26-22)18-9-7-17(8-10-18)23(29)24-4;/h4-5,8-12,16-17,19H,6-7,13-15H2,1-3H3;5-11,15H,12-14H2,1-4H3,(H,24,29);1H. The summed E-state index contributed by atoms with van der Waals surface area (Å²) in [6.07, 6.45) is 2.64. The second kappa shape index (κ2) is 17.9. The molecule has 2 aromatic carbocycles. The molecule has 1 N–H and O–H groups in total. The van der Waals surface area contributed by atoms with Crippen molar-refractivity contribution in [3.05, 3.63) is 137 Å². The van der Waals surface area contributed by atoms with Crippen molar-refractivity contribution < 1.29 is 19.4 Å². The molecule has 66 heavy (non-hydrogen) atoms. The number of nitrogens with one attached hydrogen (secondary N) is 1. The van der Waals surface area contributed by atoms with Gasteiger partial charge in [0.05, 0.1) is 47.3 Å². The van der Waals surface area contributed by atoms with Crippen LogP contribution in [-0.2, 0) is 39.4 Å². The highest BCUT2D eigenvalue weighted by molar-refractivity contribution is 5.94. The molecule has 15 heteroatoms. The van der Waals surface area contributed by atoms with E-state index in [0.717, 1.165) is 90.0 Å². The fourth-order valence-electron chi connectivity index (χ4n) is 9.28. The fourth-order valence-corrected chi connectivity index (χ4v) is 9.28. The SMILES string of the molecule is CC(C)c1ncccc1-c1nc(C2CC2)n2c1CN(c1ccc(-c3nc(C(F)(F)F)cn3C)cc1)CC2.CNC(=O)c1ccc(N2CCn3c(C)nc(-c4cccnc4C(C)C)c3C2)cc1.[HH]. The number of hydrogen-bond acceptors (Lipinski definition) is 8. The van der Waals surface area contributed by atoms with Gasteiger partial charge in [-0.1, -0.05) is 27.7 Å². The lowest BCUT2D eigenvalue weighted by Crippen LogP contribution is -2.34. The number of hydrogen-bond donors (Lipinski definition) is 1. The number of benzene rings is 2. The predicted molar refractivity (Wildman–Crippen MR) is 253 cm³/mol. The molecule has 5 aromatic heterocycles. The molecular weight excluding hydrogens is 840 g/mol. The van der Waals surface area contributed by atoms with Crippen LogP contribution in [0.25, 0.3) is 33.9 Å². The molecule has 1 aliphatic carbocycles. The monoisotopic (exact) mass is 897 g/mol. The first-order valence-corrected chi connectivity index (χ1v) is 22.8. The highest BCUT2D eigenvalue weighted by atomic mass is 19.4. The van der Waals surface area contributed by atoms with Crippen molar-refractivity contribution in [1.82, 2.24) is 43.9 Å². The highest BCUT2D eigenvalue weighted by Crippen LogP contribution is 2.44. The zero-order chi connectivity index (χ0) is 46.4. The summed E-state index contributed by atoms with van der Waals surface area (Å²) in [5.74, 6) is 3.62. The summed E-state index contributed by atoms with van der Waals surface area (Å²) < 4.78 is 45.5. The number of nitrogens with zero attached hydrogens (tertiary/aromatic N) is 10. The molecule has 1 saturated carbocycles. The third-order valence-electron chi connectivity index (χ3n) is 12.8. The lowest BCUT2D eigenvalue weighted by Gasteiger charge is -2.31. The molecule has 0 radical (unpaired) electrons. The minimum Gasteiger partial charge on any atom is -0.364 e. The topological polar surface area (TPSA) is 115 Å². The summed E-state index contributed by atoms with van der Waals surface area (Å²) in [6, 6.07) is 23.6. The van der Waals surface area contributed by atoms with Gasteiger partial charge in [0.25, 0.3) is 5.91 Å². The molecule has 0 spiro atoms. The van der Waals surface area contributed by atoms with Crippen LogP contribution in [-0.4, -0.2) is 64.7 Å². The van der Waals surface area contributed by atoms with Gasteiger partial charge in [0.2, 0.25) is 0 Å². The maximum absolute atomic E-state index is 13.1. The number of carbonyl (C=O) groups is 1. The normalized spacial score (nSPS) is 14.8. The van der Waals surface area contributed by atoms with Crippen molar-refractivity contribution in [3.63, 3.8) is 0 Å². The van der Waals surface area contributed by atoms with Crippen molar-refractivity contribution in [2.45, 2.75) is 97.6 Å². The van der Waals surface area contributed by atoms with Crippen molar-refractivity contribution in [2.75, 3.05) is 29.9 Å². The van der Waals surface area contributed by atoms with E-state index < -0.39 is 11.9 Å². The van der Waals surface area contributed by atoms with Crippen molar-refractivity contribution in [3.8, 4) is 33.9 Å². The Balaban J connectivity index is 0.000000184. The largest absolute Gasteiger partial charge is 0.434 e. The molecule has 7 aromatic rings. The van der Waals surface area contributed by atoms with Crippen LogP contribution in [0.3, 0.4) is 0 Å². The second-order valence-electron chi connectivity index (χ2n) is 18.1. The zero-order valence-corrected chi connectivity index (χ0v) is 38.6. The van der Waals surface area contributed by atoms with E-state index in [0.29, 0.717) is 35.3 Å². The smallest absolute Gasteiger partial charge is 0.364 e. The van der Waals surface area contributed by atoms with Gasteiger partial charge >= 0.3 is 6.18 Å². The molecule has 12 nitrogen and oxygen atoms in total. The predicted octanol–water partition coefficient (Wildman–Crippen LogP) is 10.4. The van der Waals surface area contributed by atoms with Crippen molar-refractivity contribution >= 4 is 17.3 Å². The number of amides is 1. The van der Waals surface area contributed by atoms with E-state index in [1.807, 2.05) is 73.1 Å². The van der Waals surface area contributed by atoms with E-state index in [1.54, 1.807) is 14.1 Å². The van der Waals surface area contributed by atoms with E-state index >= 15 is 0 Å². The van der Waals surface area contributed by atoms with Crippen LogP contribution in [0.4, 0.5) is 24.5 Å². The van der Waals surface area contributed by atoms with Gasteiger partial charge in [0, 0.05) is 99.8 Å². The van der Waals surface area contributed by atoms with Gasteiger partial charge in [-0.3, -0.25) is 14.8 Å². The Bertz CT molecular complexity index is 2880. The van der Waals surface area contributed by atoms with E-state index in [1.165, 1.54) is 34.6 Å². The molecule has 344 valence electrons. The first kappa shape index (κ1) is 44.4. The van der Waals surface area contributed by atoms with Gasteiger partial charge in [-0.05, 0) is 104 Å². The third kappa shape index (κ3) is 8.70. The molecule has 1 amide bonds. The number of imidazole rings is 3. The van der Waals surface area contributed by atoms with Gasteiger partial charge in [0.15, 0.2) is 5.69 Å². The van der Waals surface area contributed by atoms with Crippen molar-refractivity contribution in [1.29, 1.82) is 0 Å². The van der Waals surface area contributed by atoms with Gasteiger partial charge in [-0.15, -0.1) is 0 Å². The lowest BCUT2D eigenvalue weighted by molar-refractivity contribution is -0.140. The molecule has 0 saturated heterocycles. The third-order valence-corrected chi connectivity index (χ3v) is 12.8. The maximum atomic E-state index is 13.1. The minimum absolute atomic E-state index is 0. The first-order valence-electron chi connectivity index (χ1n) is 22.8. The van der Waals surface area contributed by atoms with Crippen LogP contribution in [0.15, 0.2) is 91.4 Å². The molecule has 0 bridgehead atoms. The minimum atomic E-state index is -4.46. The van der Waals surface area contributed by atoms with Crippen LogP contribution in [0.1, 0.15) is 110 Å². The molecule has 0 unspecified atom stereocenters. The Hall–Kier alpha value is -6.77. The summed E-state index contributed by atoms with van der Waals surface area (Å²) in [5.41, 5.74) is 11.4. The molecule has 1 fully saturated rings. The van der Waals surface area contributed by atoms with Crippen LogP contribution in [0, 0.1) is 6.92 Å². The van der Waals surface area contributed by atoms with E-state index in [9.17, 15) is 18.0 Å². The number of alkyl halides is 3. The zero-order valence-electron chi connectivity index (χ0n) is 38.6. The van der Waals surface area contributed by atoms with E-state index in [-0.39, 0.29) is 13.3 Å². The lowest BCUT2D eigenvalue weighted by atomic mass is 10.00. The molecule has 3 aliphatic rings. The Kier molecular flexibility index (Phi) is 12.0. The number of aromatic nitrogens is 8. The first-order chi connectivity index (χ1) is 31.7. The summed E-state index contributed by atoms with van der Waals surface area (Å²) in [4.78, 5) is 39.7. The number of anilines is 2. The number of halogens is 3. The van der Waals surface area contributed by atoms with E-state index in [2.05, 4.69) is 86.0 Å². The van der Waals surface area contributed by atoms with Gasteiger partial charge in [-0.2, -0.15) is 13.2 Å². The second-order valence-corrected chi connectivity index (χ2v) is 18.1. The Labute approximate surface area is 385 Å². The van der Waals surface area contributed by atoms with Crippen molar-refractivity contribution in [2.24, 2.45) is 7.05 Å². The molecular formula is C51H58F3N11O. The molecule has 2 aliphatic heterocycles. The van der Waals surface area contributed by atoms with Gasteiger partial charge in [0.1, 0.15) is 17.5 Å². The van der Waals surface area contributed by atoms with Gasteiger partial charge < -0.3 is 28.8 Å². The highest BCUT2D eigenvalue weighted by Gasteiger charge is 2.36.